The van der Waals surface area contributed by atoms with Crippen molar-refractivity contribution in [2.24, 2.45) is 0 Å². The van der Waals surface area contributed by atoms with E-state index in [9.17, 15) is 20.1 Å². The molecule has 0 fully saturated rings. The fraction of sp³-hybridized carbons (Fsp3) is 0.312. The van der Waals surface area contributed by atoms with Crippen LogP contribution in [0.25, 0.3) is 0 Å². The number of H-pyrrole nitrogens is 1. The smallest absolute Gasteiger partial charge is 0.194 e. The summed E-state index contributed by atoms with van der Waals surface area (Å²) in [6.45, 7) is 1.01. The Hall–Kier alpha value is -1.99. The first-order valence-corrected chi connectivity index (χ1v) is 6.90. The van der Waals surface area contributed by atoms with Crippen molar-refractivity contribution < 1.29 is 25.2 Å². The molecule has 6 nitrogen and oxygen atoms in total. The third kappa shape index (κ3) is 3.26. The molecule has 0 aliphatic carbocycles. The van der Waals surface area contributed by atoms with E-state index >= 15 is 0 Å². The highest BCUT2D eigenvalue weighted by Gasteiger charge is 2.28. The van der Waals surface area contributed by atoms with E-state index in [1.54, 1.807) is 31.2 Å². The van der Waals surface area contributed by atoms with Crippen molar-refractivity contribution in [3.63, 3.8) is 0 Å². The van der Waals surface area contributed by atoms with Gasteiger partial charge in [-0.05, 0) is 13.0 Å². The van der Waals surface area contributed by atoms with Gasteiger partial charge in [-0.15, -0.1) is 0 Å². The maximum Gasteiger partial charge on any atom is 0.194 e. The van der Waals surface area contributed by atoms with Crippen LogP contribution in [0.5, 0.6) is 0 Å². The number of benzene rings is 1. The van der Waals surface area contributed by atoms with Gasteiger partial charge >= 0.3 is 0 Å². The van der Waals surface area contributed by atoms with Gasteiger partial charge in [-0.1, -0.05) is 30.3 Å². The van der Waals surface area contributed by atoms with Gasteiger partial charge in [-0.3, -0.25) is 4.79 Å². The third-order valence-electron chi connectivity index (χ3n) is 3.54. The lowest BCUT2D eigenvalue weighted by Crippen LogP contribution is -2.34. The number of aliphatic hydroxyl groups is 4. The molecule has 0 aliphatic heterocycles. The van der Waals surface area contributed by atoms with Gasteiger partial charge in [0.15, 0.2) is 5.78 Å². The molecule has 2 rings (SSSR count). The van der Waals surface area contributed by atoms with E-state index in [1.165, 1.54) is 6.07 Å². The van der Waals surface area contributed by atoms with Crippen LogP contribution < -0.4 is 0 Å². The van der Waals surface area contributed by atoms with Crippen molar-refractivity contribution in [2.45, 2.75) is 25.2 Å². The average Bonchev–Trinajstić information content (AvgIpc) is 2.94. The maximum absolute atomic E-state index is 12.4. The van der Waals surface area contributed by atoms with Gasteiger partial charge in [0.1, 0.15) is 18.3 Å². The van der Waals surface area contributed by atoms with Gasteiger partial charge in [0.2, 0.25) is 0 Å². The molecule has 0 radical (unpaired) electrons. The summed E-state index contributed by atoms with van der Waals surface area (Å²) in [6, 6.07) is 10.1. The molecule has 118 valence electrons. The molecule has 5 N–H and O–H groups in total. The van der Waals surface area contributed by atoms with Gasteiger partial charge in [-0.2, -0.15) is 0 Å². The summed E-state index contributed by atoms with van der Waals surface area (Å²) in [5.41, 5.74) is 1.65. The summed E-state index contributed by atoms with van der Waals surface area (Å²) >= 11 is 0. The Morgan fingerprint density at radius 3 is 2.41 bits per heavy atom. The monoisotopic (exact) mass is 305 g/mol. The molecule has 3 atom stereocenters. The predicted octanol–water partition coefficient (Wildman–Crippen LogP) is 0.302. The number of carbonyl (C=O) groups excluding carboxylic acids is 1. The van der Waals surface area contributed by atoms with E-state index < -0.39 is 24.9 Å². The standard InChI is InChI=1S/C16H19NO5/c1-9-11(14(20)10-5-3-2-4-6-10)7-12(17-9)15(21)16(22)13(19)8-18/h2-7,13,15-19,21-22H,8H2,1H3/t13-,15-,16-/m1/s1. The van der Waals surface area contributed by atoms with Gasteiger partial charge in [-0.25, -0.2) is 0 Å². The van der Waals surface area contributed by atoms with Crippen LogP contribution in [0.4, 0.5) is 0 Å². The van der Waals surface area contributed by atoms with Gasteiger partial charge in [0.05, 0.1) is 6.61 Å². The number of aromatic amines is 1. The summed E-state index contributed by atoms with van der Waals surface area (Å²) in [6.07, 6.45) is -4.45. The molecule has 0 unspecified atom stereocenters. The number of aryl methyl sites for hydroxylation is 1. The number of carbonyl (C=O) groups is 1. The van der Waals surface area contributed by atoms with Gasteiger partial charge in [0.25, 0.3) is 0 Å². The van der Waals surface area contributed by atoms with E-state index in [-0.39, 0.29) is 11.5 Å². The molecule has 1 aromatic heterocycles. The van der Waals surface area contributed by atoms with Gasteiger partial charge in [0, 0.05) is 22.5 Å². The topological polar surface area (TPSA) is 114 Å². The van der Waals surface area contributed by atoms with Crippen LogP contribution in [0.3, 0.4) is 0 Å². The summed E-state index contributed by atoms with van der Waals surface area (Å²) in [5, 5.41) is 37.9. The second kappa shape index (κ2) is 6.85. The SMILES string of the molecule is Cc1[nH]c([C@@H](O)[C@H](O)[C@H](O)CO)cc1C(=O)c1ccccc1. The molecule has 6 heteroatoms. The highest BCUT2D eigenvalue weighted by molar-refractivity contribution is 6.09. The minimum absolute atomic E-state index is 0.204. The quantitative estimate of drug-likeness (QED) is 0.493. The fourth-order valence-electron chi connectivity index (χ4n) is 2.23. The molecular weight excluding hydrogens is 286 g/mol. The molecule has 0 aliphatic rings. The highest BCUT2D eigenvalue weighted by atomic mass is 16.4. The van der Waals surface area contributed by atoms with Crippen molar-refractivity contribution in [1.82, 2.24) is 4.98 Å². The van der Waals surface area contributed by atoms with Crippen LogP contribution in [-0.4, -0.2) is 50.0 Å². The zero-order valence-corrected chi connectivity index (χ0v) is 12.1. The number of hydrogen-bond donors (Lipinski definition) is 5. The lowest BCUT2D eigenvalue weighted by Gasteiger charge is -2.20. The molecule has 0 saturated heterocycles. The van der Waals surface area contributed by atoms with Crippen molar-refractivity contribution in [3.8, 4) is 0 Å². The van der Waals surface area contributed by atoms with Gasteiger partial charge < -0.3 is 25.4 Å². The first-order valence-electron chi connectivity index (χ1n) is 6.90. The van der Waals surface area contributed by atoms with Crippen LogP contribution in [-0.2, 0) is 0 Å². The van der Waals surface area contributed by atoms with E-state index in [0.29, 0.717) is 16.8 Å². The fourth-order valence-corrected chi connectivity index (χ4v) is 2.23. The lowest BCUT2D eigenvalue weighted by molar-refractivity contribution is -0.0788. The second-order valence-corrected chi connectivity index (χ2v) is 5.14. The average molecular weight is 305 g/mol. The second-order valence-electron chi connectivity index (χ2n) is 5.14. The van der Waals surface area contributed by atoms with E-state index in [0.717, 1.165) is 0 Å². The van der Waals surface area contributed by atoms with Crippen LogP contribution in [0.2, 0.25) is 0 Å². The van der Waals surface area contributed by atoms with Crippen molar-refractivity contribution >= 4 is 5.78 Å². The Morgan fingerprint density at radius 1 is 1.18 bits per heavy atom. The zero-order chi connectivity index (χ0) is 16.3. The zero-order valence-electron chi connectivity index (χ0n) is 12.1. The molecule has 2 aromatic rings. The minimum atomic E-state index is -1.55. The first-order chi connectivity index (χ1) is 10.5. The maximum atomic E-state index is 12.4. The number of ketones is 1. The number of hydrogen-bond acceptors (Lipinski definition) is 5. The van der Waals surface area contributed by atoms with E-state index in [1.807, 2.05) is 6.07 Å². The molecule has 0 saturated carbocycles. The molecule has 0 spiro atoms. The highest BCUT2D eigenvalue weighted by Crippen LogP contribution is 2.23. The Labute approximate surface area is 127 Å². The van der Waals surface area contributed by atoms with Crippen molar-refractivity contribution in [1.29, 1.82) is 0 Å². The van der Waals surface area contributed by atoms with E-state index in [2.05, 4.69) is 4.98 Å². The molecule has 22 heavy (non-hydrogen) atoms. The molecular formula is C16H19NO5. The first kappa shape index (κ1) is 16.4. The summed E-state index contributed by atoms with van der Waals surface area (Å²) in [5.74, 6) is -0.204. The Bertz CT molecular complexity index is 637. The van der Waals surface area contributed by atoms with Crippen molar-refractivity contribution in [3.05, 3.63) is 58.9 Å². The Morgan fingerprint density at radius 2 is 1.82 bits per heavy atom. The molecule has 0 amide bonds. The number of rotatable bonds is 6. The summed E-state index contributed by atoms with van der Waals surface area (Å²) < 4.78 is 0. The van der Waals surface area contributed by atoms with Crippen LogP contribution in [0.1, 0.15) is 33.4 Å². The van der Waals surface area contributed by atoms with Crippen LogP contribution in [0, 0.1) is 6.92 Å². The lowest BCUT2D eigenvalue weighted by atomic mass is 10.0. The minimum Gasteiger partial charge on any atom is -0.394 e. The van der Waals surface area contributed by atoms with Crippen LogP contribution in [0.15, 0.2) is 36.4 Å². The number of aliphatic hydroxyl groups excluding tert-OH is 4. The Balaban J connectivity index is 2.27. The molecule has 1 heterocycles. The number of nitrogens with one attached hydrogen (secondary N) is 1. The predicted molar refractivity (Wildman–Crippen MR) is 79.5 cm³/mol. The molecule has 0 bridgehead atoms. The largest absolute Gasteiger partial charge is 0.394 e. The third-order valence-corrected chi connectivity index (χ3v) is 3.54. The summed E-state index contributed by atoms with van der Waals surface area (Å²) in [7, 11) is 0. The Kier molecular flexibility index (Phi) is 5.10. The molecule has 1 aromatic carbocycles. The summed E-state index contributed by atoms with van der Waals surface area (Å²) in [4.78, 5) is 15.2. The van der Waals surface area contributed by atoms with E-state index in [4.69, 9.17) is 5.11 Å². The number of aromatic nitrogens is 1. The normalized spacial score (nSPS) is 15.3. The van der Waals surface area contributed by atoms with Crippen molar-refractivity contribution in [2.75, 3.05) is 6.61 Å². The van der Waals surface area contributed by atoms with Crippen LogP contribution >= 0.6 is 0 Å².